The molecule has 0 saturated heterocycles. The molecule has 0 fully saturated rings. The zero-order valence-corrected chi connectivity index (χ0v) is 13.3. The Labute approximate surface area is 139 Å². The third-order valence-corrected chi connectivity index (χ3v) is 3.70. The lowest BCUT2D eigenvalue weighted by atomic mass is 10.1. The van der Waals surface area contributed by atoms with Gasteiger partial charge in [-0.25, -0.2) is 0 Å². The maximum atomic E-state index is 12.6. The smallest absolute Gasteiger partial charge is 0.257 e. The highest BCUT2D eigenvalue weighted by atomic mass is 16.5. The zero-order chi connectivity index (χ0) is 16.9. The van der Waals surface area contributed by atoms with Crippen LogP contribution in [-0.2, 0) is 6.61 Å². The maximum Gasteiger partial charge on any atom is 0.257 e. The van der Waals surface area contributed by atoms with E-state index in [0.717, 1.165) is 10.8 Å². The molecule has 1 heterocycles. The molecular formula is C19H18N2O3. The number of carbonyl (C=O) groups excluding carboxylic acids is 1. The molecule has 3 aromatic rings. The summed E-state index contributed by atoms with van der Waals surface area (Å²) in [5, 5.41) is 14.1. The van der Waals surface area contributed by atoms with E-state index in [4.69, 9.17) is 4.74 Å². The average Bonchev–Trinajstić information content (AvgIpc) is 2.62. The number of aliphatic hydroxyl groups is 1. The fourth-order valence-corrected chi connectivity index (χ4v) is 2.57. The second kappa shape index (κ2) is 7.10. The van der Waals surface area contributed by atoms with E-state index in [9.17, 15) is 9.90 Å². The van der Waals surface area contributed by atoms with Gasteiger partial charge in [-0.3, -0.25) is 9.78 Å². The van der Waals surface area contributed by atoms with Crippen molar-refractivity contribution < 1.29 is 14.6 Å². The van der Waals surface area contributed by atoms with Crippen molar-refractivity contribution in [2.24, 2.45) is 0 Å². The number of rotatable bonds is 5. The molecule has 0 aliphatic carbocycles. The minimum Gasteiger partial charge on any atom is -0.494 e. The molecule has 1 amide bonds. The number of hydrogen-bond acceptors (Lipinski definition) is 4. The highest BCUT2D eigenvalue weighted by Crippen LogP contribution is 2.24. The lowest BCUT2D eigenvalue weighted by Gasteiger charge is -2.12. The van der Waals surface area contributed by atoms with Gasteiger partial charge in [0.1, 0.15) is 5.75 Å². The van der Waals surface area contributed by atoms with Crippen molar-refractivity contribution in [1.29, 1.82) is 0 Å². The summed E-state index contributed by atoms with van der Waals surface area (Å²) in [6.07, 6.45) is 3.28. The summed E-state index contributed by atoms with van der Waals surface area (Å²) in [6, 6.07) is 12.8. The van der Waals surface area contributed by atoms with Gasteiger partial charge in [0.25, 0.3) is 5.91 Å². The van der Waals surface area contributed by atoms with Gasteiger partial charge in [0, 0.05) is 29.0 Å². The van der Waals surface area contributed by atoms with Crippen molar-refractivity contribution in [3.63, 3.8) is 0 Å². The highest BCUT2D eigenvalue weighted by molar-refractivity contribution is 6.12. The molecule has 0 aliphatic heterocycles. The standard InChI is InChI=1S/C19H18N2O3/c1-2-24-18-8-7-15(9-14(18)12-22)21-19(23)17-11-20-10-13-5-3-4-6-16(13)17/h3-11,22H,2,12H2,1H3,(H,21,23). The molecule has 0 bridgehead atoms. The largest absolute Gasteiger partial charge is 0.494 e. The molecule has 1 aromatic heterocycles. The molecule has 24 heavy (non-hydrogen) atoms. The van der Waals surface area contributed by atoms with Gasteiger partial charge in [-0.1, -0.05) is 24.3 Å². The number of hydrogen-bond donors (Lipinski definition) is 2. The van der Waals surface area contributed by atoms with E-state index < -0.39 is 0 Å². The molecule has 5 nitrogen and oxygen atoms in total. The van der Waals surface area contributed by atoms with E-state index >= 15 is 0 Å². The Morgan fingerprint density at radius 3 is 2.83 bits per heavy atom. The molecule has 0 atom stereocenters. The van der Waals surface area contributed by atoms with Crippen LogP contribution in [0.1, 0.15) is 22.8 Å². The van der Waals surface area contributed by atoms with Gasteiger partial charge < -0.3 is 15.2 Å². The first-order valence-electron chi connectivity index (χ1n) is 7.73. The number of ether oxygens (including phenoxy) is 1. The monoisotopic (exact) mass is 322 g/mol. The van der Waals surface area contributed by atoms with Crippen molar-refractivity contribution in [1.82, 2.24) is 4.98 Å². The first-order chi connectivity index (χ1) is 11.7. The fraction of sp³-hybridized carbons (Fsp3) is 0.158. The van der Waals surface area contributed by atoms with Crippen LogP contribution in [0.25, 0.3) is 10.8 Å². The number of carbonyl (C=O) groups is 1. The van der Waals surface area contributed by atoms with Gasteiger partial charge in [0.2, 0.25) is 0 Å². The van der Waals surface area contributed by atoms with Gasteiger partial charge in [0.15, 0.2) is 0 Å². The maximum absolute atomic E-state index is 12.6. The number of aliphatic hydroxyl groups excluding tert-OH is 1. The summed E-state index contributed by atoms with van der Waals surface area (Å²) >= 11 is 0. The first kappa shape index (κ1) is 16.0. The fourth-order valence-electron chi connectivity index (χ4n) is 2.57. The average molecular weight is 322 g/mol. The Morgan fingerprint density at radius 1 is 1.21 bits per heavy atom. The molecule has 0 saturated carbocycles. The number of anilines is 1. The number of nitrogens with one attached hydrogen (secondary N) is 1. The van der Waals surface area contributed by atoms with Crippen LogP contribution in [0.15, 0.2) is 54.9 Å². The molecule has 5 heteroatoms. The number of pyridine rings is 1. The number of amides is 1. The van der Waals surface area contributed by atoms with Crippen molar-refractivity contribution in [2.45, 2.75) is 13.5 Å². The summed E-state index contributed by atoms with van der Waals surface area (Å²) in [5.41, 5.74) is 1.73. The highest BCUT2D eigenvalue weighted by Gasteiger charge is 2.12. The Kier molecular flexibility index (Phi) is 4.72. The molecule has 3 rings (SSSR count). The zero-order valence-electron chi connectivity index (χ0n) is 13.3. The van der Waals surface area contributed by atoms with E-state index in [1.807, 2.05) is 31.2 Å². The summed E-state index contributed by atoms with van der Waals surface area (Å²) in [5.74, 6) is 0.372. The second-order valence-electron chi connectivity index (χ2n) is 5.28. The molecule has 0 unspecified atom stereocenters. The molecule has 2 aromatic carbocycles. The first-order valence-corrected chi connectivity index (χ1v) is 7.73. The van der Waals surface area contributed by atoms with Crippen LogP contribution >= 0.6 is 0 Å². The number of aromatic nitrogens is 1. The Balaban J connectivity index is 1.89. The number of fused-ring (bicyclic) bond motifs is 1. The molecule has 0 spiro atoms. The van der Waals surface area contributed by atoms with Gasteiger partial charge in [-0.05, 0) is 30.5 Å². The van der Waals surface area contributed by atoms with Gasteiger partial charge in [-0.2, -0.15) is 0 Å². The Hall–Kier alpha value is -2.92. The van der Waals surface area contributed by atoms with Crippen molar-refractivity contribution in [3.8, 4) is 5.75 Å². The lowest BCUT2D eigenvalue weighted by molar-refractivity contribution is 0.102. The van der Waals surface area contributed by atoms with Gasteiger partial charge in [0.05, 0.1) is 18.8 Å². The van der Waals surface area contributed by atoms with Crippen molar-refractivity contribution in [2.75, 3.05) is 11.9 Å². The van der Waals surface area contributed by atoms with E-state index in [0.29, 0.717) is 29.2 Å². The number of nitrogens with zero attached hydrogens (tertiary/aromatic N) is 1. The van der Waals surface area contributed by atoms with E-state index in [1.165, 1.54) is 0 Å². The molecule has 0 radical (unpaired) electrons. The second-order valence-corrected chi connectivity index (χ2v) is 5.28. The molecule has 122 valence electrons. The lowest BCUT2D eigenvalue weighted by Crippen LogP contribution is -2.13. The van der Waals surface area contributed by atoms with Crippen molar-refractivity contribution >= 4 is 22.4 Å². The van der Waals surface area contributed by atoms with Crippen LogP contribution < -0.4 is 10.1 Å². The van der Waals surface area contributed by atoms with Crippen LogP contribution in [0.4, 0.5) is 5.69 Å². The van der Waals surface area contributed by atoms with E-state index in [2.05, 4.69) is 10.3 Å². The van der Waals surface area contributed by atoms with Crippen molar-refractivity contribution in [3.05, 3.63) is 66.0 Å². The number of benzene rings is 2. The Bertz CT molecular complexity index is 872. The minimum absolute atomic E-state index is 0.158. The molecular weight excluding hydrogens is 304 g/mol. The summed E-state index contributed by atoms with van der Waals surface area (Å²) in [4.78, 5) is 16.7. The van der Waals surface area contributed by atoms with Crippen LogP contribution in [0.3, 0.4) is 0 Å². The predicted molar refractivity (Wildman–Crippen MR) is 93.2 cm³/mol. The normalized spacial score (nSPS) is 10.6. The van der Waals surface area contributed by atoms with Crippen LogP contribution in [0, 0.1) is 0 Å². The summed E-state index contributed by atoms with van der Waals surface area (Å²) < 4.78 is 5.45. The summed E-state index contributed by atoms with van der Waals surface area (Å²) in [7, 11) is 0. The van der Waals surface area contributed by atoms with Gasteiger partial charge in [-0.15, -0.1) is 0 Å². The predicted octanol–water partition coefficient (Wildman–Crippen LogP) is 3.38. The van der Waals surface area contributed by atoms with Crippen LogP contribution in [0.2, 0.25) is 0 Å². The van der Waals surface area contributed by atoms with Gasteiger partial charge >= 0.3 is 0 Å². The summed E-state index contributed by atoms with van der Waals surface area (Å²) in [6.45, 7) is 2.24. The SMILES string of the molecule is CCOc1ccc(NC(=O)c2cncc3ccccc23)cc1CO. The third kappa shape index (κ3) is 3.21. The topological polar surface area (TPSA) is 71.5 Å². The quantitative estimate of drug-likeness (QED) is 0.755. The molecule has 0 aliphatic rings. The van der Waals surface area contributed by atoms with E-state index in [1.54, 1.807) is 30.6 Å². The third-order valence-electron chi connectivity index (χ3n) is 3.70. The van der Waals surface area contributed by atoms with Crippen LogP contribution in [-0.4, -0.2) is 22.6 Å². The molecule has 2 N–H and O–H groups in total. The minimum atomic E-state index is -0.243. The Morgan fingerprint density at radius 2 is 2.04 bits per heavy atom. The van der Waals surface area contributed by atoms with E-state index in [-0.39, 0.29) is 12.5 Å². The van der Waals surface area contributed by atoms with Crippen LogP contribution in [0.5, 0.6) is 5.75 Å².